The van der Waals surface area contributed by atoms with Crippen LogP contribution in [0.2, 0.25) is 0 Å². The van der Waals surface area contributed by atoms with Gasteiger partial charge in [-0.3, -0.25) is 9.69 Å². The smallest absolute Gasteiger partial charge is 0.258 e. The minimum Gasteiger partial charge on any atom is -0.493 e. The van der Waals surface area contributed by atoms with Gasteiger partial charge in [-0.05, 0) is 50.6 Å². The molecule has 0 spiro atoms. The lowest BCUT2D eigenvalue weighted by atomic mass is 10.0. The molecular formula is C25H30N2O3. The summed E-state index contributed by atoms with van der Waals surface area (Å²) in [5, 5.41) is 0. The molecule has 30 heavy (non-hydrogen) atoms. The quantitative estimate of drug-likeness (QED) is 0.688. The Bertz CT molecular complexity index is 932. The van der Waals surface area contributed by atoms with E-state index < -0.39 is 0 Å². The van der Waals surface area contributed by atoms with E-state index in [1.54, 1.807) is 12.0 Å². The standard InChI is InChI=1S/C25H30N2O3/c1-19-7-6-8-20(17-19)22-11-14-27(25(22)28)21-9-10-23(29-2)24(18-21)30-16-15-26-12-4-3-5-13-26/h6-11,17-18H,3-5,12-16H2,1-2H3. The van der Waals surface area contributed by atoms with Crippen molar-refractivity contribution >= 4 is 17.2 Å². The number of likely N-dealkylation sites (tertiary alicyclic amines) is 1. The maximum Gasteiger partial charge on any atom is 0.258 e. The molecule has 0 radical (unpaired) electrons. The Balaban J connectivity index is 1.45. The SMILES string of the molecule is COc1ccc(N2CC=C(c3cccc(C)c3)C2=O)cc1OCCN1CCCCC1. The lowest BCUT2D eigenvalue weighted by molar-refractivity contribution is -0.112. The number of amides is 1. The lowest BCUT2D eigenvalue weighted by Crippen LogP contribution is -2.33. The van der Waals surface area contributed by atoms with Crippen LogP contribution in [-0.2, 0) is 4.79 Å². The van der Waals surface area contributed by atoms with Crippen LogP contribution in [0.3, 0.4) is 0 Å². The molecule has 0 aliphatic carbocycles. The summed E-state index contributed by atoms with van der Waals surface area (Å²) in [5.41, 5.74) is 3.69. The van der Waals surface area contributed by atoms with Crippen molar-refractivity contribution in [1.82, 2.24) is 4.90 Å². The number of ether oxygens (including phenoxy) is 2. The third-order valence-electron chi connectivity index (χ3n) is 5.86. The second-order valence-electron chi connectivity index (χ2n) is 7.99. The van der Waals surface area contributed by atoms with Crippen LogP contribution in [0.5, 0.6) is 11.5 Å². The van der Waals surface area contributed by atoms with E-state index in [4.69, 9.17) is 9.47 Å². The van der Waals surface area contributed by atoms with Crippen LogP contribution < -0.4 is 14.4 Å². The number of methoxy groups -OCH3 is 1. The summed E-state index contributed by atoms with van der Waals surface area (Å²) in [6.45, 7) is 6.42. The Labute approximate surface area is 178 Å². The van der Waals surface area contributed by atoms with E-state index in [2.05, 4.69) is 11.0 Å². The zero-order valence-corrected chi connectivity index (χ0v) is 17.9. The zero-order chi connectivity index (χ0) is 20.9. The molecule has 0 unspecified atom stereocenters. The van der Waals surface area contributed by atoms with Crippen LogP contribution in [0.1, 0.15) is 30.4 Å². The minimum atomic E-state index is 0.0185. The lowest BCUT2D eigenvalue weighted by Gasteiger charge is -2.26. The first-order valence-corrected chi connectivity index (χ1v) is 10.8. The molecule has 0 aromatic heterocycles. The molecule has 0 N–H and O–H groups in total. The molecular weight excluding hydrogens is 376 g/mol. The molecule has 1 fully saturated rings. The van der Waals surface area contributed by atoms with Crippen molar-refractivity contribution in [2.75, 3.05) is 44.8 Å². The first-order valence-electron chi connectivity index (χ1n) is 10.8. The van der Waals surface area contributed by atoms with Gasteiger partial charge in [-0.1, -0.05) is 42.3 Å². The molecule has 2 aliphatic rings. The maximum atomic E-state index is 13.1. The molecule has 1 saturated heterocycles. The summed E-state index contributed by atoms with van der Waals surface area (Å²) in [6, 6.07) is 13.8. The summed E-state index contributed by atoms with van der Waals surface area (Å²) in [7, 11) is 1.64. The van der Waals surface area contributed by atoms with E-state index in [-0.39, 0.29) is 5.91 Å². The number of hydrogen-bond donors (Lipinski definition) is 0. The molecule has 0 atom stereocenters. The van der Waals surface area contributed by atoms with Gasteiger partial charge in [0, 0.05) is 30.4 Å². The highest BCUT2D eigenvalue weighted by molar-refractivity contribution is 6.28. The van der Waals surface area contributed by atoms with Crippen molar-refractivity contribution in [3.8, 4) is 11.5 Å². The summed E-state index contributed by atoms with van der Waals surface area (Å²) >= 11 is 0. The van der Waals surface area contributed by atoms with Crippen molar-refractivity contribution < 1.29 is 14.3 Å². The average molecular weight is 407 g/mol. The average Bonchev–Trinajstić information content (AvgIpc) is 3.16. The fraction of sp³-hybridized carbons (Fsp3) is 0.400. The number of nitrogens with zero attached hydrogens (tertiary/aromatic N) is 2. The molecule has 2 aromatic carbocycles. The summed E-state index contributed by atoms with van der Waals surface area (Å²) in [4.78, 5) is 17.3. The maximum absolute atomic E-state index is 13.1. The third kappa shape index (κ3) is 4.51. The van der Waals surface area contributed by atoms with E-state index in [0.29, 0.717) is 24.7 Å². The predicted octanol–water partition coefficient (Wildman–Crippen LogP) is 4.30. The molecule has 0 bridgehead atoms. The highest BCUT2D eigenvalue weighted by Gasteiger charge is 2.27. The minimum absolute atomic E-state index is 0.0185. The van der Waals surface area contributed by atoms with Crippen molar-refractivity contribution in [3.05, 3.63) is 59.7 Å². The molecule has 0 saturated carbocycles. The topological polar surface area (TPSA) is 42.0 Å². The normalized spacial score (nSPS) is 17.2. The Morgan fingerprint density at radius 1 is 1.00 bits per heavy atom. The number of anilines is 1. The van der Waals surface area contributed by atoms with Crippen LogP contribution in [0.4, 0.5) is 5.69 Å². The molecule has 2 aromatic rings. The van der Waals surface area contributed by atoms with Gasteiger partial charge in [0.15, 0.2) is 11.5 Å². The first kappa shape index (κ1) is 20.5. The predicted molar refractivity (Wildman–Crippen MR) is 120 cm³/mol. The second kappa shape index (κ2) is 9.35. The van der Waals surface area contributed by atoms with Crippen LogP contribution in [-0.4, -0.2) is 50.7 Å². The van der Waals surface area contributed by atoms with Gasteiger partial charge in [0.25, 0.3) is 5.91 Å². The molecule has 2 heterocycles. The Morgan fingerprint density at radius 3 is 2.60 bits per heavy atom. The second-order valence-corrected chi connectivity index (χ2v) is 7.99. The molecule has 158 valence electrons. The highest BCUT2D eigenvalue weighted by Crippen LogP contribution is 2.35. The zero-order valence-electron chi connectivity index (χ0n) is 17.9. The number of hydrogen-bond acceptors (Lipinski definition) is 4. The molecule has 5 heteroatoms. The van der Waals surface area contributed by atoms with Gasteiger partial charge in [-0.25, -0.2) is 0 Å². The van der Waals surface area contributed by atoms with Gasteiger partial charge in [0.1, 0.15) is 6.61 Å². The Hall–Kier alpha value is -2.79. The van der Waals surface area contributed by atoms with Crippen LogP contribution in [0.25, 0.3) is 5.57 Å². The van der Waals surface area contributed by atoms with Crippen LogP contribution >= 0.6 is 0 Å². The van der Waals surface area contributed by atoms with Gasteiger partial charge < -0.3 is 14.4 Å². The van der Waals surface area contributed by atoms with Crippen molar-refractivity contribution in [2.45, 2.75) is 26.2 Å². The Kier molecular flexibility index (Phi) is 6.38. The van der Waals surface area contributed by atoms with Crippen molar-refractivity contribution in [2.24, 2.45) is 0 Å². The number of carbonyl (C=O) groups excluding carboxylic acids is 1. The number of aryl methyl sites for hydroxylation is 1. The number of piperidine rings is 1. The fourth-order valence-electron chi connectivity index (χ4n) is 4.19. The molecule has 4 rings (SSSR count). The first-order chi connectivity index (χ1) is 14.7. The van der Waals surface area contributed by atoms with Crippen molar-refractivity contribution in [1.29, 1.82) is 0 Å². The van der Waals surface area contributed by atoms with Gasteiger partial charge in [0.05, 0.1) is 7.11 Å². The summed E-state index contributed by atoms with van der Waals surface area (Å²) < 4.78 is 11.6. The van der Waals surface area contributed by atoms with E-state index in [9.17, 15) is 4.79 Å². The summed E-state index contributed by atoms with van der Waals surface area (Å²) in [5.74, 6) is 1.39. The molecule has 1 amide bonds. The van der Waals surface area contributed by atoms with Gasteiger partial charge in [-0.2, -0.15) is 0 Å². The van der Waals surface area contributed by atoms with Gasteiger partial charge in [0.2, 0.25) is 0 Å². The van der Waals surface area contributed by atoms with Gasteiger partial charge in [-0.15, -0.1) is 0 Å². The van der Waals surface area contributed by atoms with E-state index in [0.717, 1.165) is 42.0 Å². The summed E-state index contributed by atoms with van der Waals surface area (Å²) in [6.07, 6.45) is 5.87. The Morgan fingerprint density at radius 2 is 1.83 bits per heavy atom. The van der Waals surface area contributed by atoms with E-state index >= 15 is 0 Å². The monoisotopic (exact) mass is 406 g/mol. The fourth-order valence-corrected chi connectivity index (χ4v) is 4.19. The number of rotatable bonds is 7. The molecule has 2 aliphatic heterocycles. The van der Waals surface area contributed by atoms with Crippen LogP contribution in [0, 0.1) is 6.92 Å². The number of carbonyl (C=O) groups is 1. The van der Waals surface area contributed by atoms with E-state index in [1.165, 1.54) is 19.3 Å². The largest absolute Gasteiger partial charge is 0.493 e. The molecule has 5 nitrogen and oxygen atoms in total. The van der Waals surface area contributed by atoms with Crippen LogP contribution in [0.15, 0.2) is 48.5 Å². The van der Waals surface area contributed by atoms with Gasteiger partial charge >= 0.3 is 0 Å². The van der Waals surface area contributed by atoms with Crippen molar-refractivity contribution in [3.63, 3.8) is 0 Å². The third-order valence-corrected chi connectivity index (χ3v) is 5.86. The highest BCUT2D eigenvalue weighted by atomic mass is 16.5. The number of benzene rings is 2. The van der Waals surface area contributed by atoms with E-state index in [1.807, 2.05) is 49.4 Å².